The molecule has 2 aromatic rings. The molecule has 26 heavy (non-hydrogen) atoms. The van der Waals surface area contributed by atoms with Gasteiger partial charge in [0.25, 0.3) is 11.8 Å². The number of carbonyl (C=O) groups excluding carboxylic acids is 2. The molecular formula is C20H20N2O4. The van der Waals surface area contributed by atoms with Crippen LogP contribution >= 0.6 is 0 Å². The molecule has 0 aliphatic carbocycles. The molecule has 1 aliphatic rings. The third kappa shape index (κ3) is 3.92. The number of hydrogen-bond donors (Lipinski definition) is 2. The number of carbonyl (C=O) groups is 2. The van der Waals surface area contributed by atoms with Gasteiger partial charge < -0.3 is 9.64 Å². The van der Waals surface area contributed by atoms with Crippen molar-refractivity contribution in [3.05, 3.63) is 70.8 Å². The lowest BCUT2D eigenvalue weighted by Gasteiger charge is -2.29. The first kappa shape index (κ1) is 17.7. The van der Waals surface area contributed by atoms with Gasteiger partial charge in [-0.25, -0.2) is 5.48 Å². The fraction of sp³-hybridized carbons (Fsp3) is 0.200. The van der Waals surface area contributed by atoms with E-state index in [1.54, 1.807) is 36.9 Å². The van der Waals surface area contributed by atoms with E-state index in [1.807, 2.05) is 29.2 Å². The number of methoxy groups -OCH3 is 1. The van der Waals surface area contributed by atoms with E-state index in [4.69, 9.17) is 9.94 Å². The zero-order chi connectivity index (χ0) is 18.5. The molecule has 0 saturated heterocycles. The van der Waals surface area contributed by atoms with Crippen LogP contribution in [0.1, 0.15) is 27.0 Å². The molecule has 0 radical (unpaired) electrons. The Morgan fingerprint density at radius 2 is 2.04 bits per heavy atom. The van der Waals surface area contributed by atoms with E-state index >= 15 is 0 Å². The molecule has 0 unspecified atom stereocenters. The van der Waals surface area contributed by atoms with E-state index in [-0.39, 0.29) is 5.91 Å². The van der Waals surface area contributed by atoms with Gasteiger partial charge in [0, 0.05) is 24.7 Å². The first-order valence-electron chi connectivity index (χ1n) is 8.28. The van der Waals surface area contributed by atoms with Crippen molar-refractivity contribution in [1.29, 1.82) is 0 Å². The molecule has 2 amide bonds. The highest BCUT2D eigenvalue weighted by Gasteiger charge is 2.22. The molecule has 6 nitrogen and oxygen atoms in total. The van der Waals surface area contributed by atoms with Crippen molar-refractivity contribution >= 4 is 17.9 Å². The molecule has 0 atom stereocenters. The maximum atomic E-state index is 12.8. The van der Waals surface area contributed by atoms with Crippen molar-refractivity contribution in [2.45, 2.75) is 13.0 Å². The second-order valence-electron chi connectivity index (χ2n) is 6.05. The number of fused-ring (bicyclic) bond motifs is 1. The van der Waals surface area contributed by atoms with Crippen LogP contribution in [0.5, 0.6) is 5.75 Å². The fourth-order valence-corrected chi connectivity index (χ4v) is 3.00. The topological polar surface area (TPSA) is 78.9 Å². The Morgan fingerprint density at radius 1 is 1.19 bits per heavy atom. The fourth-order valence-electron chi connectivity index (χ4n) is 3.00. The molecule has 0 saturated carbocycles. The Bertz CT molecular complexity index is 861. The van der Waals surface area contributed by atoms with Crippen molar-refractivity contribution in [3.63, 3.8) is 0 Å². The lowest BCUT2D eigenvalue weighted by molar-refractivity contribution is -0.124. The number of benzene rings is 2. The summed E-state index contributed by atoms with van der Waals surface area (Å²) in [6.45, 7) is 1.17. The summed E-state index contributed by atoms with van der Waals surface area (Å²) in [5, 5.41) is 8.54. The van der Waals surface area contributed by atoms with Gasteiger partial charge in [0.05, 0.1) is 7.11 Å². The molecule has 6 heteroatoms. The van der Waals surface area contributed by atoms with E-state index in [0.29, 0.717) is 24.4 Å². The Kier molecular flexibility index (Phi) is 5.34. The average Bonchev–Trinajstić information content (AvgIpc) is 2.70. The van der Waals surface area contributed by atoms with Crippen LogP contribution in [0, 0.1) is 0 Å². The molecule has 134 valence electrons. The van der Waals surface area contributed by atoms with Gasteiger partial charge in [-0.15, -0.1) is 0 Å². The summed E-state index contributed by atoms with van der Waals surface area (Å²) in [7, 11) is 1.58. The molecule has 3 rings (SSSR count). The molecule has 0 spiro atoms. The van der Waals surface area contributed by atoms with E-state index in [2.05, 4.69) is 0 Å². The SMILES string of the molecule is COc1cccc(C(=O)N2CCc3ccc(/C=C/C(=O)NO)cc3C2)c1. The number of hydrogen-bond acceptors (Lipinski definition) is 4. The predicted octanol–water partition coefficient (Wildman–Crippen LogP) is 2.41. The highest BCUT2D eigenvalue weighted by molar-refractivity contribution is 5.94. The molecule has 1 aliphatic heterocycles. The number of ether oxygens (including phenoxy) is 1. The van der Waals surface area contributed by atoms with Crippen LogP contribution in [0.15, 0.2) is 48.5 Å². The Balaban J connectivity index is 1.78. The smallest absolute Gasteiger partial charge is 0.267 e. The van der Waals surface area contributed by atoms with Crippen molar-refractivity contribution < 1.29 is 19.5 Å². The van der Waals surface area contributed by atoms with Gasteiger partial charge in [0.2, 0.25) is 0 Å². The Labute approximate surface area is 151 Å². The van der Waals surface area contributed by atoms with Crippen molar-refractivity contribution in [2.24, 2.45) is 0 Å². The van der Waals surface area contributed by atoms with Gasteiger partial charge in [-0.2, -0.15) is 0 Å². The normalized spacial score (nSPS) is 13.4. The minimum atomic E-state index is -0.586. The number of rotatable bonds is 4. The van der Waals surface area contributed by atoms with Crippen LogP contribution in [-0.4, -0.2) is 35.6 Å². The Hall–Kier alpha value is -3.12. The highest BCUT2D eigenvalue weighted by atomic mass is 16.5. The van der Waals surface area contributed by atoms with Crippen LogP contribution in [0.4, 0.5) is 0 Å². The van der Waals surface area contributed by atoms with Crippen LogP contribution in [0.2, 0.25) is 0 Å². The Morgan fingerprint density at radius 3 is 2.81 bits per heavy atom. The second kappa shape index (κ2) is 7.84. The van der Waals surface area contributed by atoms with E-state index in [1.165, 1.54) is 11.6 Å². The number of amides is 2. The van der Waals surface area contributed by atoms with Gasteiger partial charge >= 0.3 is 0 Å². The summed E-state index contributed by atoms with van der Waals surface area (Å²) < 4.78 is 5.19. The van der Waals surface area contributed by atoms with Crippen molar-refractivity contribution in [1.82, 2.24) is 10.4 Å². The van der Waals surface area contributed by atoms with Crippen molar-refractivity contribution in [3.8, 4) is 5.75 Å². The lowest BCUT2D eigenvalue weighted by Crippen LogP contribution is -2.36. The largest absolute Gasteiger partial charge is 0.497 e. The molecule has 1 heterocycles. The van der Waals surface area contributed by atoms with Gasteiger partial charge in [-0.3, -0.25) is 14.8 Å². The molecule has 2 N–H and O–H groups in total. The quantitative estimate of drug-likeness (QED) is 0.503. The standard InChI is InChI=1S/C20H20N2O4/c1-26-18-4-2-3-16(12-18)20(24)22-10-9-15-7-5-14(11-17(15)13-22)6-8-19(23)21-25/h2-8,11-12,25H,9-10,13H2,1H3,(H,21,23)/b8-6+. The second-order valence-corrected chi connectivity index (χ2v) is 6.05. The maximum Gasteiger partial charge on any atom is 0.267 e. The zero-order valence-corrected chi connectivity index (χ0v) is 14.4. The van der Waals surface area contributed by atoms with Gasteiger partial charge in [0.1, 0.15) is 5.75 Å². The molecule has 0 fully saturated rings. The van der Waals surface area contributed by atoms with Gasteiger partial charge in [0.15, 0.2) is 0 Å². The van der Waals surface area contributed by atoms with Crippen LogP contribution in [-0.2, 0) is 17.8 Å². The minimum Gasteiger partial charge on any atom is -0.497 e. The predicted molar refractivity (Wildman–Crippen MR) is 96.8 cm³/mol. The molecule has 0 bridgehead atoms. The minimum absolute atomic E-state index is 0.0323. The third-order valence-corrected chi connectivity index (χ3v) is 4.38. The summed E-state index contributed by atoms with van der Waals surface area (Å²) in [5.41, 5.74) is 5.25. The van der Waals surface area contributed by atoms with Gasteiger partial charge in [-0.05, 0) is 53.5 Å². The number of nitrogens with one attached hydrogen (secondary N) is 1. The average molecular weight is 352 g/mol. The number of hydroxylamine groups is 1. The first-order valence-corrected chi connectivity index (χ1v) is 8.28. The van der Waals surface area contributed by atoms with E-state index < -0.39 is 5.91 Å². The monoisotopic (exact) mass is 352 g/mol. The van der Waals surface area contributed by atoms with Crippen LogP contribution in [0.25, 0.3) is 6.08 Å². The maximum absolute atomic E-state index is 12.8. The zero-order valence-electron chi connectivity index (χ0n) is 14.4. The summed E-state index contributed by atoms with van der Waals surface area (Å²) in [4.78, 5) is 25.7. The summed E-state index contributed by atoms with van der Waals surface area (Å²) >= 11 is 0. The van der Waals surface area contributed by atoms with E-state index in [9.17, 15) is 9.59 Å². The van der Waals surface area contributed by atoms with Crippen molar-refractivity contribution in [2.75, 3.05) is 13.7 Å². The highest BCUT2D eigenvalue weighted by Crippen LogP contribution is 2.23. The number of nitrogens with zero attached hydrogens (tertiary/aromatic N) is 1. The summed E-state index contributed by atoms with van der Waals surface area (Å²) in [6, 6.07) is 13.0. The molecule has 2 aromatic carbocycles. The first-order chi connectivity index (χ1) is 12.6. The lowest BCUT2D eigenvalue weighted by atomic mass is 9.96. The van der Waals surface area contributed by atoms with Crippen LogP contribution < -0.4 is 10.2 Å². The summed E-state index contributed by atoms with van der Waals surface area (Å²) in [5.74, 6) is 0.0375. The molecule has 0 aromatic heterocycles. The molecular weight excluding hydrogens is 332 g/mol. The summed E-state index contributed by atoms with van der Waals surface area (Å²) in [6.07, 6.45) is 3.66. The van der Waals surface area contributed by atoms with Crippen LogP contribution in [0.3, 0.4) is 0 Å². The van der Waals surface area contributed by atoms with Gasteiger partial charge in [-0.1, -0.05) is 18.2 Å². The van der Waals surface area contributed by atoms with E-state index in [0.717, 1.165) is 17.5 Å². The third-order valence-electron chi connectivity index (χ3n) is 4.38.